The molecule has 0 radical (unpaired) electrons. The maximum Gasteiger partial charge on any atom is 0.290 e. The predicted molar refractivity (Wildman–Crippen MR) is 109 cm³/mol. The van der Waals surface area contributed by atoms with E-state index < -0.39 is 0 Å². The highest BCUT2D eigenvalue weighted by Gasteiger charge is 2.26. The van der Waals surface area contributed by atoms with Crippen molar-refractivity contribution in [2.24, 2.45) is 0 Å². The van der Waals surface area contributed by atoms with Gasteiger partial charge < -0.3 is 10.2 Å². The summed E-state index contributed by atoms with van der Waals surface area (Å²) in [5.41, 5.74) is 1.95. The van der Waals surface area contributed by atoms with E-state index in [0.717, 1.165) is 12.0 Å². The molecule has 0 saturated heterocycles. The Bertz CT molecular complexity index is 963. The number of benzene rings is 1. The minimum Gasteiger partial charge on any atom is -0.351 e. The molecule has 0 bridgehead atoms. The van der Waals surface area contributed by atoms with Crippen LogP contribution in [-0.4, -0.2) is 38.7 Å². The number of carbonyl (C=O) groups excluding carboxylic acids is 2. The Morgan fingerprint density at radius 3 is 2.50 bits per heavy atom. The first-order valence-corrected chi connectivity index (χ1v) is 9.63. The Morgan fingerprint density at radius 1 is 1.11 bits per heavy atom. The molecule has 0 fully saturated rings. The molecular weight excluding hydrogens is 352 g/mol. The molecule has 2 heterocycles. The first kappa shape index (κ1) is 19.6. The Balaban J connectivity index is 1.99. The van der Waals surface area contributed by atoms with Gasteiger partial charge in [0.2, 0.25) is 5.82 Å². The number of carbonyl (C=O) groups is 2. The van der Waals surface area contributed by atoms with Crippen molar-refractivity contribution < 1.29 is 9.59 Å². The van der Waals surface area contributed by atoms with Crippen molar-refractivity contribution >= 4 is 17.3 Å². The van der Waals surface area contributed by atoms with Gasteiger partial charge in [0.1, 0.15) is 0 Å². The van der Waals surface area contributed by atoms with Gasteiger partial charge in [-0.3, -0.25) is 14.0 Å². The largest absolute Gasteiger partial charge is 0.351 e. The fourth-order valence-electron chi connectivity index (χ4n) is 3.08. The molecule has 0 saturated carbocycles. The third-order valence-electron chi connectivity index (χ3n) is 4.57. The van der Waals surface area contributed by atoms with Crippen molar-refractivity contribution in [3.8, 4) is 0 Å². The molecule has 3 aromatic rings. The normalized spacial score (nSPS) is 11.0. The molecule has 3 rings (SSSR count). The van der Waals surface area contributed by atoms with Crippen LogP contribution in [0.25, 0.3) is 5.52 Å². The van der Waals surface area contributed by atoms with E-state index in [1.165, 1.54) is 0 Å². The molecule has 0 unspecified atom stereocenters. The van der Waals surface area contributed by atoms with Crippen molar-refractivity contribution in [1.82, 2.24) is 19.6 Å². The number of aromatic nitrogens is 2. The van der Waals surface area contributed by atoms with Crippen LogP contribution in [0.15, 0.2) is 54.7 Å². The molecule has 2 aromatic heterocycles. The van der Waals surface area contributed by atoms with Gasteiger partial charge in [-0.2, -0.15) is 0 Å². The van der Waals surface area contributed by atoms with Crippen LogP contribution >= 0.6 is 0 Å². The first-order valence-electron chi connectivity index (χ1n) is 9.63. The summed E-state index contributed by atoms with van der Waals surface area (Å²) in [6.07, 6.45) is 2.61. The molecule has 0 aliphatic heterocycles. The van der Waals surface area contributed by atoms with Gasteiger partial charge in [-0.15, -0.1) is 0 Å². The van der Waals surface area contributed by atoms with Gasteiger partial charge in [0, 0.05) is 25.3 Å². The lowest BCUT2D eigenvalue weighted by Crippen LogP contribution is -2.37. The Kier molecular flexibility index (Phi) is 6.09. The summed E-state index contributed by atoms with van der Waals surface area (Å²) in [4.78, 5) is 32.1. The summed E-state index contributed by atoms with van der Waals surface area (Å²) >= 11 is 0. The minimum absolute atomic E-state index is 0.0128. The number of nitrogens with one attached hydrogen (secondary N) is 1. The van der Waals surface area contributed by atoms with Gasteiger partial charge in [0.05, 0.1) is 5.52 Å². The van der Waals surface area contributed by atoms with E-state index in [4.69, 9.17) is 0 Å². The summed E-state index contributed by atoms with van der Waals surface area (Å²) in [6.45, 7) is 7.00. The summed E-state index contributed by atoms with van der Waals surface area (Å²) in [5, 5.41) is 2.85. The van der Waals surface area contributed by atoms with Crippen LogP contribution in [0.5, 0.6) is 0 Å². The second-order valence-electron chi connectivity index (χ2n) is 7.01. The number of hydrogen-bond donors (Lipinski definition) is 1. The van der Waals surface area contributed by atoms with Gasteiger partial charge in [-0.05, 0) is 38.0 Å². The fraction of sp³-hybridized carbons (Fsp3) is 0.318. The van der Waals surface area contributed by atoms with E-state index in [-0.39, 0.29) is 29.4 Å². The number of fused-ring (bicyclic) bond motifs is 1. The maximum atomic E-state index is 13.4. The van der Waals surface area contributed by atoms with Crippen molar-refractivity contribution in [3.63, 3.8) is 0 Å². The topological polar surface area (TPSA) is 66.7 Å². The van der Waals surface area contributed by atoms with E-state index >= 15 is 0 Å². The van der Waals surface area contributed by atoms with Gasteiger partial charge in [-0.25, -0.2) is 4.98 Å². The van der Waals surface area contributed by atoms with Crippen molar-refractivity contribution in [2.75, 3.05) is 6.54 Å². The molecule has 0 aliphatic rings. The Hall–Kier alpha value is -3.15. The van der Waals surface area contributed by atoms with E-state index in [2.05, 4.69) is 10.3 Å². The zero-order chi connectivity index (χ0) is 20.1. The lowest BCUT2D eigenvalue weighted by atomic mass is 10.2. The highest BCUT2D eigenvalue weighted by atomic mass is 16.2. The molecular formula is C22H26N4O2. The van der Waals surface area contributed by atoms with Crippen molar-refractivity contribution in [2.45, 2.75) is 39.8 Å². The molecule has 146 valence electrons. The molecule has 2 amide bonds. The molecule has 28 heavy (non-hydrogen) atoms. The van der Waals surface area contributed by atoms with E-state index in [0.29, 0.717) is 18.6 Å². The summed E-state index contributed by atoms with van der Waals surface area (Å²) in [5.74, 6) is -0.208. The Labute approximate surface area is 165 Å². The van der Waals surface area contributed by atoms with Crippen LogP contribution in [-0.2, 0) is 6.54 Å². The van der Waals surface area contributed by atoms with Gasteiger partial charge in [0.25, 0.3) is 11.8 Å². The molecule has 6 heteroatoms. The fourth-order valence-corrected chi connectivity index (χ4v) is 3.08. The second kappa shape index (κ2) is 8.69. The van der Waals surface area contributed by atoms with Crippen LogP contribution in [0.1, 0.15) is 53.9 Å². The average Bonchev–Trinajstić information content (AvgIpc) is 3.10. The number of imidazole rings is 1. The molecule has 1 aromatic carbocycles. The quantitative estimate of drug-likeness (QED) is 0.684. The summed E-state index contributed by atoms with van der Waals surface area (Å²) in [7, 11) is 0. The molecule has 0 aliphatic carbocycles. The van der Waals surface area contributed by atoms with Crippen LogP contribution in [0.3, 0.4) is 0 Å². The molecule has 1 N–H and O–H groups in total. The molecule has 0 atom stereocenters. The zero-order valence-corrected chi connectivity index (χ0v) is 16.6. The SMILES string of the molecule is CCCNC(=O)c1nc(C(=O)N(Cc2ccccc2)C(C)C)n2ccccc12. The number of amides is 2. The number of pyridine rings is 1. The second-order valence-corrected chi connectivity index (χ2v) is 7.01. The van der Waals surface area contributed by atoms with Crippen LogP contribution < -0.4 is 5.32 Å². The van der Waals surface area contributed by atoms with E-state index in [9.17, 15) is 9.59 Å². The minimum atomic E-state index is -0.260. The average molecular weight is 378 g/mol. The zero-order valence-electron chi connectivity index (χ0n) is 16.6. The predicted octanol–water partition coefficient (Wildman–Crippen LogP) is 3.52. The van der Waals surface area contributed by atoms with E-state index in [1.807, 2.05) is 69.3 Å². The number of rotatable bonds is 7. The number of nitrogens with zero attached hydrogens (tertiary/aromatic N) is 3. The van der Waals surface area contributed by atoms with Crippen LogP contribution in [0, 0.1) is 0 Å². The highest BCUT2D eigenvalue weighted by Crippen LogP contribution is 2.18. The van der Waals surface area contributed by atoms with Crippen molar-refractivity contribution in [3.05, 3.63) is 71.8 Å². The van der Waals surface area contributed by atoms with Gasteiger partial charge in [-0.1, -0.05) is 43.3 Å². The molecule has 0 spiro atoms. The summed E-state index contributed by atoms with van der Waals surface area (Å²) in [6, 6.07) is 15.3. The van der Waals surface area contributed by atoms with E-state index in [1.54, 1.807) is 15.5 Å². The van der Waals surface area contributed by atoms with Crippen LogP contribution in [0.4, 0.5) is 0 Å². The third kappa shape index (κ3) is 4.06. The maximum absolute atomic E-state index is 13.4. The lowest BCUT2D eigenvalue weighted by molar-refractivity contribution is 0.0677. The monoisotopic (exact) mass is 378 g/mol. The Morgan fingerprint density at radius 2 is 1.82 bits per heavy atom. The third-order valence-corrected chi connectivity index (χ3v) is 4.57. The highest BCUT2D eigenvalue weighted by molar-refractivity contribution is 6.02. The summed E-state index contributed by atoms with van der Waals surface area (Å²) < 4.78 is 1.70. The molecule has 6 nitrogen and oxygen atoms in total. The standard InChI is InChI=1S/C22H26N4O2/c1-4-13-23-21(27)19-18-12-8-9-14-25(18)20(24-19)22(28)26(16(2)3)15-17-10-6-5-7-11-17/h5-12,14,16H,4,13,15H2,1-3H3,(H,23,27). The first-order chi connectivity index (χ1) is 13.5. The lowest BCUT2D eigenvalue weighted by Gasteiger charge is -2.26. The number of hydrogen-bond acceptors (Lipinski definition) is 3. The van der Waals surface area contributed by atoms with Gasteiger partial charge >= 0.3 is 0 Å². The van der Waals surface area contributed by atoms with Crippen molar-refractivity contribution in [1.29, 1.82) is 0 Å². The smallest absolute Gasteiger partial charge is 0.290 e. The van der Waals surface area contributed by atoms with Gasteiger partial charge in [0.15, 0.2) is 5.69 Å². The van der Waals surface area contributed by atoms with Crippen LogP contribution in [0.2, 0.25) is 0 Å².